The van der Waals surface area contributed by atoms with E-state index in [9.17, 15) is 26.7 Å². The summed E-state index contributed by atoms with van der Waals surface area (Å²) in [6.07, 6.45) is -8.96. The van der Waals surface area contributed by atoms with Crippen LogP contribution in [0.5, 0.6) is 0 Å². The maximum atomic E-state index is 13.8. The molecule has 2 heterocycles. The van der Waals surface area contributed by atoms with Gasteiger partial charge in [0.05, 0.1) is 18.2 Å². The molecule has 202 valence electrons. The van der Waals surface area contributed by atoms with Crippen LogP contribution in [-0.4, -0.2) is 74.6 Å². The number of nitrogens with zero attached hydrogens (tertiary/aromatic N) is 1. The number of amides is 1. The number of carbonyl (C=O) groups excluding carboxylic acids is 1. The molecule has 7 unspecified atom stereocenters. The van der Waals surface area contributed by atoms with Gasteiger partial charge in [-0.05, 0) is 51.9 Å². The van der Waals surface area contributed by atoms with Gasteiger partial charge >= 0.3 is 6.18 Å². The van der Waals surface area contributed by atoms with E-state index in [1.807, 2.05) is 6.92 Å². The highest BCUT2D eigenvalue weighted by molar-refractivity contribution is 5.98. The minimum Gasteiger partial charge on any atom is -0.382 e. The first-order valence-electron chi connectivity index (χ1n) is 12.3. The fourth-order valence-corrected chi connectivity index (χ4v) is 4.97. The molecule has 4 N–H and O–H groups in total. The lowest BCUT2D eigenvalue weighted by Crippen LogP contribution is -2.53. The molecule has 0 bridgehead atoms. The van der Waals surface area contributed by atoms with Crippen molar-refractivity contribution in [1.82, 2.24) is 21.5 Å². The standard InChI is InChI=1S/C22H36F5N5O3/c1-3-34-6-4-5-28-21(30-20(33)16-7-12(2)35-19(16)22(25,26)27)29-18-11-17(31-32-18)13-8-14(23)10-15(24)9-13/h12-19,31-32H,3-11H2,1-2H3,(H2,28,29,30,33). The molecule has 35 heavy (non-hydrogen) atoms. The van der Waals surface area contributed by atoms with E-state index in [1.54, 1.807) is 0 Å². The van der Waals surface area contributed by atoms with Crippen molar-refractivity contribution < 1.29 is 36.2 Å². The van der Waals surface area contributed by atoms with Gasteiger partial charge in [-0.3, -0.25) is 20.5 Å². The molecule has 0 spiro atoms. The summed E-state index contributed by atoms with van der Waals surface area (Å²) in [5.41, 5.74) is 6.04. The number of rotatable bonds is 8. The van der Waals surface area contributed by atoms with Crippen LogP contribution in [0.2, 0.25) is 0 Å². The number of halogens is 5. The molecule has 8 nitrogen and oxygen atoms in total. The van der Waals surface area contributed by atoms with E-state index in [0.29, 0.717) is 26.1 Å². The molecule has 0 aromatic carbocycles. The summed E-state index contributed by atoms with van der Waals surface area (Å²) in [6.45, 7) is 4.63. The van der Waals surface area contributed by atoms with Gasteiger partial charge in [-0.15, -0.1) is 0 Å². The van der Waals surface area contributed by atoms with Crippen molar-refractivity contribution in [3.63, 3.8) is 0 Å². The first-order valence-corrected chi connectivity index (χ1v) is 12.3. The van der Waals surface area contributed by atoms with Gasteiger partial charge in [0.15, 0.2) is 12.1 Å². The highest BCUT2D eigenvalue weighted by Gasteiger charge is 2.53. The van der Waals surface area contributed by atoms with Crippen molar-refractivity contribution >= 4 is 11.9 Å². The van der Waals surface area contributed by atoms with Crippen LogP contribution in [0, 0.1) is 11.8 Å². The fraction of sp³-hybridized carbons (Fsp3) is 0.909. The van der Waals surface area contributed by atoms with E-state index in [0.717, 1.165) is 0 Å². The van der Waals surface area contributed by atoms with E-state index in [4.69, 9.17) is 9.47 Å². The second-order valence-corrected chi connectivity index (χ2v) is 9.51. The predicted octanol–water partition coefficient (Wildman–Crippen LogP) is 2.50. The third kappa shape index (κ3) is 8.22. The maximum Gasteiger partial charge on any atom is 0.415 e. The molecule has 0 aromatic heterocycles. The van der Waals surface area contributed by atoms with Gasteiger partial charge in [0.2, 0.25) is 5.91 Å². The Balaban J connectivity index is 1.61. The minimum atomic E-state index is -4.66. The van der Waals surface area contributed by atoms with Crippen LogP contribution in [0.15, 0.2) is 4.99 Å². The summed E-state index contributed by atoms with van der Waals surface area (Å²) in [4.78, 5) is 17.1. The van der Waals surface area contributed by atoms with Crippen molar-refractivity contribution in [3.8, 4) is 0 Å². The van der Waals surface area contributed by atoms with Crippen LogP contribution in [0.1, 0.15) is 52.4 Å². The second kappa shape index (κ2) is 12.6. The number of carbonyl (C=O) groups is 1. The minimum absolute atomic E-state index is 0.0299. The van der Waals surface area contributed by atoms with Crippen LogP contribution >= 0.6 is 0 Å². The molecule has 1 amide bonds. The third-order valence-corrected chi connectivity index (χ3v) is 6.59. The van der Waals surface area contributed by atoms with E-state index in [-0.39, 0.29) is 50.1 Å². The highest BCUT2D eigenvalue weighted by atomic mass is 19.4. The van der Waals surface area contributed by atoms with Crippen molar-refractivity contribution in [2.24, 2.45) is 16.8 Å². The number of guanidine groups is 1. The highest BCUT2D eigenvalue weighted by Crippen LogP contribution is 2.37. The number of hydrogen-bond acceptors (Lipinski definition) is 6. The quantitative estimate of drug-likeness (QED) is 0.172. The summed E-state index contributed by atoms with van der Waals surface area (Å²) in [6, 6.07) is -0.196. The zero-order valence-corrected chi connectivity index (χ0v) is 20.0. The van der Waals surface area contributed by atoms with Gasteiger partial charge in [0, 0.05) is 32.2 Å². The van der Waals surface area contributed by atoms with Crippen LogP contribution in [-0.2, 0) is 14.3 Å². The first-order chi connectivity index (χ1) is 16.6. The molecular weight excluding hydrogens is 477 g/mol. The Morgan fingerprint density at radius 2 is 1.83 bits per heavy atom. The number of hydrogen-bond donors (Lipinski definition) is 4. The van der Waals surface area contributed by atoms with Gasteiger partial charge in [-0.1, -0.05) is 0 Å². The lowest BCUT2D eigenvalue weighted by molar-refractivity contribution is -0.222. The van der Waals surface area contributed by atoms with E-state index >= 15 is 0 Å². The lowest BCUT2D eigenvalue weighted by atomic mass is 9.81. The molecule has 3 aliphatic rings. The van der Waals surface area contributed by atoms with Gasteiger partial charge in [-0.2, -0.15) is 13.2 Å². The fourth-order valence-electron chi connectivity index (χ4n) is 4.97. The Hall–Kier alpha value is -1.57. The topological polar surface area (TPSA) is 96.0 Å². The smallest absolute Gasteiger partial charge is 0.382 e. The number of ether oxygens (including phenoxy) is 2. The molecule has 2 aliphatic heterocycles. The average Bonchev–Trinajstić information content (AvgIpc) is 3.39. The van der Waals surface area contributed by atoms with Gasteiger partial charge in [0.1, 0.15) is 12.3 Å². The molecule has 7 atom stereocenters. The normalized spacial score (nSPS) is 36.4. The Bertz CT molecular complexity index is 718. The molecular formula is C22H36F5N5O3. The Labute approximate surface area is 202 Å². The van der Waals surface area contributed by atoms with E-state index in [1.165, 1.54) is 6.92 Å². The second-order valence-electron chi connectivity index (χ2n) is 9.51. The number of hydrazine groups is 1. The van der Waals surface area contributed by atoms with Crippen LogP contribution in [0.3, 0.4) is 0 Å². The zero-order chi connectivity index (χ0) is 25.6. The first kappa shape index (κ1) is 28.0. The third-order valence-electron chi connectivity index (χ3n) is 6.59. The number of alkyl halides is 5. The monoisotopic (exact) mass is 513 g/mol. The van der Waals surface area contributed by atoms with E-state index < -0.39 is 48.7 Å². The van der Waals surface area contributed by atoms with Gasteiger partial charge in [0.25, 0.3) is 0 Å². The molecule has 13 heteroatoms. The maximum absolute atomic E-state index is 13.8. The number of aliphatic imine (C=N–C) groups is 1. The Kier molecular flexibility index (Phi) is 10.1. The van der Waals surface area contributed by atoms with Crippen molar-refractivity contribution in [3.05, 3.63) is 0 Å². The molecule has 1 saturated carbocycles. The summed E-state index contributed by atoms with van der Waals surface area (Å²) in [5.74, 6) is -2.39. The van der Waals surface area contributed by atoms with Crippen molar-refractivity contribution in [2.45, 2.75) is 95.3 Å². The zero-order valence-electron chi connectivity index (χ0n) is 20.0. The number of nitrogens with one attached hydrogen (secondary N) is 4. The molecule has 0 aromatic rings. The van der Waals surface area contributed by atoms with Crippen LogP contribution < -0.4 is 21.5 Å². The van der Waals surface area contributed by atoms with Crippen LogP contribution in [0.4, 0.5) is 22.0 Å². The SMILES string of the molecule is CCOCCCN=C(NC(=O)C1CC(C)OC1C(F)(F)F)NC1CC(C2CC(F)CC(F)C2)NN1. The molecule has 3 rings (SSSR count). The predicted molar refractivity (Wildman–Crippen MR) is 119 cm³/mol. The molecule has 2 saturated heterocycles. The summed E-state index contributed by atoms with van der Waals surface area (Å²) >= 11 is 0. The van der Waals surface area contributed by atoms with Gasteiger partial charge in [-0.25, -0.2) is 14.2 Å². The van der Waals surface area contributed by atoms with Crippen LogP contribution in [0.25, 0.3) is 0 Å². The van der Waals surface area contributed by atoms with Crippen molar-refractivity contribution in [2.75, 3.05) is 19.8 Å². The largest absolute Gasteiger partial charge is 0.415 e. The molecule has 0 radical (unpaired) electrons. The summed E-state index contributed by atoms with van der Waals surface area (Å²) in [7, 11) is 0. The Morgan fingerprint density at radius 1 is 1.11 bits per heavy atom. The molecule has 3 fully saturated rings. The molecule has 1 aliphatic carbocycles. The van der Waals surface area contributed by atoms with Gasteiger partial charge < -0.3 is 14.8 Å². The van der Waals surface area contributed by atoms with Crippen molar-refractivity contribution in [1.29, 1.82) is 0 Å². The summed E-state index contributed by atoms with van der Waals surface area (Å²) in [5, 5.41) is 5.51. The summed E-state index contributed by atoms with van der Waals surface area (Å²) < 4.78 is 78.0. The van der Waals surface area contributed by atoms with E-state index in [2.05, 4.69) is 26.5 Å². The average molecular weight is 514 g/mol. The lowest BCUT2D eigenvalue weighted by Gasteiger charge is -2.31. The Morgan fingerprint density at radius 3 is 2.49 bits per heavy atom.